The average molecular weight is 399 g/mol. The number of hydrogen-bond acceptors (Lipinski definition) is 4. The summed E-state index contributed by atoms with van der Waals surface area (Å²) in [7, 11) is 2.97. The van der Waals surface area contributed by atoms with Crippen molar-refractivity contribution in [3.63, 3.8) is 0 Å². The smallest absolute Gasteiger partial charge is 0.262 e. The van der Waals surface area contributed by atoms with Crippen molar-refractivity contribution in [2.45, 2.75) is 24.8 Å². The molecule has 0 aliphatic carbocycles. The Morgan fingerprint density at radius 2 is 2.05 bits per heavy atom. The molecule has 0 fully saturated rings. The number of rotatable bonds is 6. The molecule has 1 aromatic rings. The van der Waals surface area contributed by atoms with Crippen LogP contribution in [0.3, 0.4) is 0 Å². The quantitative estimate of drug-likeness (QED) is 0.748. The fourth-order valence-corrected chi connectivity index (χ4v) is 3.78. The Morgan fingerprint density at radius 1 is 1.43 bits per heavy atom. The maximum absolute atomic E-state index is 12.2. The number of methoxy groups -OCH3 is 1. The van der Waals surface area contributed by atoms with Gasteiger partial charge in [-0.25, -0.2) is 8.42 Å². The molecule has 0 aliphatic rings. The van der Waals surface area contributed by atoms with Gasteiger partial charge in [-0.15, -0.1) is 0 Å². The van der Waals surface area contributed by atoms with Crippen LogP contribution in [0.5, 0.6) is 0 Å². The van der Waals surface area contributed by atoms with E-state index in [2.05, 4.69) is 21.2 Å². The van der Waals surface area contributed by atoms with Crippen LogP contribution in [0.4, 0.5) is 0 Å². The first-order valence-electron chi connectivity index (χ1n) is 6.20. The van der Waals surface area contributed by atoms with Gasteiger partial charge in [-0.3, -0.25) is 4.79 Å². The molecule has 0 saturated heterocycles. The number of amides is 1. The lowest BCUT2D eigenvalue weighted by Gasteiger charge is -2.21. The summed E-state index contributed by atoms with van der Waals surface area (Å²) in [5, 5.41) is 2.81. The first-order valence-corrected chi connectivity index (χ1v) is 9.31. The van der Waals surface area contributed by atoms with Crippen LogP contribution >= 0.6 is 26.6 Å². The number of hydrogen-bond donors (Lipinski definition) is 1. The number of nitrogens with one attached hydrogen (secondary N) is 1. The van der Waals surface area contributed by atoms with Crippen molar-refractivity contribution in [3.05, 3.63) is 28.2 Å². The highest BCUT2D eigenvalue weighted by molar-refractivity contribution is 9.10. The Hall–Kier alpha value is -0.630. The van der Waals surface area contributed by atoms with Gasteiger partial charge in [0.1, 0.15) is 0 Å². The average Bonchev–Trinajstić information content (AvgIpc) is 2.37. The molecule has 118 valence electrons. The molecule has 5 nitrogen and oxygen atoms in total. The lowest BCUT2D eigenvalue weighted by atomic mass is 10.0. The largest absolute Gasteiger partial charge is 0.383 e. The van der Waals surface area contributed by atoms with E-state index in [4.69, 9.17) is 15.4 Å². The predicted molar refractivity (Wildman–Crippen MR) is 85.1 cm³/mol. The van der Waals surface area contributed by atoms with Crippen LogP contribution in [-0.4, -0.2) is 34.1 Å². The van der Waals surface area contributed by atoms with Gasteiger partial charge in [0.25, 0.3) is 15.0 Å². The lowest BCUT2D eigenvalue weighted by molar-refractivity contribution is 0.0866. The molecule has 0 radical (unpaired) electrons. The van der Waals surface area contributed by atoms with Crippen molar-refractivity contribution in [2.75, 3.05) is 13.7 Å². The predicted octanol–water partition coefficient (Wildman–Crippen LogP) is 2.78. The monoisotopic (exact) mass is 397 g/mol. The van der Waals surface area contributed by atoms with Gasteiger partial charge >= 0.3 is 0 Å². The Balaban J connectivity index is 3.03. The molecular weight excluding hydrogens is 382 g/mol. The first kappa shape index (κ1) is 18.4. The minimum Gasteiger partial charge on any atom is -0.383 e. The molecule has 0 heterocycles. The molecule has 8 heteroatoms. The van der Waals surface area contributed by atoms with E-state index in [1.54, 1.807) is 7.11 Å². The van der Waals surface area contributed by atoms with E-state index < -0.39 is 9.05 Å². The third-order valence-corrected chi connectivity index (χ3v) is 5.24. The second-order valence-electron chi connectivity index (χ2n) is 4.86. The summed E-state index contributed by atoms with van der Waals surface area (Å²) in [4.78, 5) is 12.1. The van der Waals surface area contributed by atoms with Gasteiger partial charge < -0.3 is 10.1 Å². The Labute approximate surface area is 137 Å². The van der Waals surface area contributed by atoms with Gasteiger partial charge in [0.05, 0.1) is 17.5 Å². The van der Waals surface area contributed by atoms with Crippen molar-refractivity contribution >= 4 is 41.6 Å². The van der Waals surface area contributed by atoms with Crippen LogP contribution in [-0.2, 0) is 13.8 Å². The molecular formula is C13H17BrClNO4S. The van der Waals surface area contributed by atoms with E-state index in [-0.39, 0.29) is 28.3 Å². The fourth-order valence-electron chi connectivity index (χ4n) is 1.66. The lowest BCUT2D eigenvalue weighted by Crippen LogP contribution is -2.41. The summed E-state index contributed by atoms with van der Waals surface area (Å²) >= 11 is 3.10. The van der Waals surface area contributed by atoms with Crippen LogP contribution < -0.4 is 5.32 Å². The minimum atomic E-state index is -3.92. The van der Waals surface area contributed by atoms with E-state index in [9.17, 15) is 13.2 Å². The van der Waals surface area contributed by atoms with Crippen LogP contribution in [0.15, 0.2) is 27.6 Å². The molecule has 1 amide bonds. The molecule has 0 aromatic heterocycles. The summed E-state index contributed by atoms with van der Waals surface area (Å²) < 4.78 is 28.3. The molecule has 1 N–H and O–H groups in total. The van der Waals surface area contributed by atoms with Crippen LogP contribution in [0, 0.1) is 5.92 Å². The third kappa shape index (κ3) is 5.25. The van der Waals surface area contributed by atoms with Crippen molar-refractivity contribution in [1.29, 1.82) is 0 Å². The summed E-state index contributed by atoms with van der Waals surface area (Å²) in [5.74, 6) is -0.194. The molecule has 0 saturated carbocycles. The normalized spacial score (nSPS) is 13.2. The number of benzene rings is 1. The summed E-state index contributed by atoms with van der Waals surface area (Å²) in [6.07, 6.45) is 0. The topological polar surface area (TPSA) is 72.5 Å². The standard InChI is InChI=1S/C13H17BrClNO4S/c1-8(2)11(7-20-3)16-13(17)9-4-5-10(14)12(6-9)21(15,18)19/h4-6,8,11H,7H2,1-3H3,(H,16,17). The number of carbonyl (C=O) groups excluding carboxylic acids is 1. The van der Waals surface area contributed by atoms with E-state index >= 15 is 0 Å². The van der Waals surface area contributed by atoms with Gasteiger partial charge in [0.15, 0.2) is 0 Å². The van der Waals surface area contributed by atoms with E-state index in [1.807, 2.05) is 13.8 Å². The minimum absolute atomic E-state index is 0.135. The fraction of sp³-hybridized carbons (Fsp3) is 0.462. The van der Waals surface area contributed by atoms with E-state index in [1.165, 1.54) is 18.2 Å². The van der Waals surface area contributed by atoms with Gasteiger partial charge in [0.2, 0.25) is 0 Å². The van der Waals surface area contributed by atoms with Gasteiger partial charge in [-0.05, 0) is 40.0 Å². The Morgan fingerprint density at radius 3 is 2.52 bits per heavy atom. The van der Waals surface area contributed by atoms with E-state index in [0.29, 0.717) is 11.1 Å². The van der Waals surface area contributed by atoms with Crippen molar-refractivity contribution in [1.82, 2.24) is 5.32 Å². The molecule has 1 unspecified atom stereocenters. The second kappa shape index (κ2) is 7.58. The molecule has 0 bridgehead atoms. The summed E-state index contributed by atoms with van der Waals surface area (Å²) in [6.45, 7) is 4.29. The molecule has 1 aromatic carbocycles. The number of ether oxygens (including phenoxy) is 1. The maximum atomic E-state index is 12.2. The zero-order valence-electron chi connectivity index (χ0n) is 11.9. The van der Waals surface area contributed by atoms with Crippen LogP contribution in [0.25, 0.3) is 0 Å². The molecule has 21 heavy (non-hydrogen) atoms. The zero-order chi connectivity index (χ0) is 16.2. The molecule has 0 spiro atoms. The molecule has 0 aliphatic heterocycles. The second-order valence-corrected chi connectivity index (χ2v) is 8.25. The van der Waals surface area contributed by atoms with Gasteiger partial charge in [0, 0.05) is 27.8 Å². The van der Waals surface area contributed by atoms with Crippen LogP contribution in [0.2, 0.25) is 0 Å². The van der Waals surface area contributed by atoms with E-state index in [0.717, 1.165) is 0 Å². The van der Waals surface area contributed by atoms with Crippen molar-refractivity contribution in [2.24, 2.45) is 5.92 Å². The van der Waals surface area contributed by atoms with Gasteiger partial charge in [-0.1, -0.05) is 13.8 Å². The Bertz CT molecular complexity index is 619. The number of carbonyl (C=O) groups is 1. The highest BCUT2D eigenvalue weighted by atomic mass is 79.9. The van der Waals surface area contributed by atoms with Crippen molar-refractivity contribution < 1.29 is 17.9 Å². The summed E-state index contributed by atoms with van der Waals surface area (Å²) in [5.41, 5.74) is 0.221. The highest BCUT2D eigenvalue weighted by Crippen LogP contribution is 2.26. The van der Waals surface area contributed by atoms with Crippen molar-refractivity contribution in [3.8, 4) is 0 Å². The first-order chi connectivity index (χ1) is 9.66. The van der Waals surface area contributed by atoms with Crippen LogP contribution in [0.1, 0.15) is 24.2 Å². The zero-order valence-corrected chi connectivity index (χ0v) is 15.0. The molecule has 1 rings (SSSR count). The SMILES string of the molecule is COCC(NC(=O)c1ccc(Br)c(S(=O)(=O)Cl)c1)C(C)C. The van der Waals surface area contributed by atoms with Gasteiger partial charge in [-0.2, -0.15) is 0 Å². The summed E-state index contributed by atoms with van der Waals surface area (Å²) in [6, 6.07) is 4.08. The highest BCUT2D eigenvalue weighted by Gasteiger charge is 2.20. The number of halogens is 2. The third-order valence-electron chi connectivity index (χ3n) is 2.92. The maximum Gasteiger partial charge on any atom is 0.262 e. The Kier molecular flexibility index (Phi) is 6.65. The molecule has 1 atom stereocenters.